The highest BCUT2D eigenvalue weighted by atomic mass is 16.5. The van der Waals surface area contributed by atoms with Gasteiger partial charge in [0.25, 0.3) is 0 Å². The summed E-state index contributed by atoms with van der Waals surface area (Å²) in [6, 6.07) is 9.86. The molecule has 0 bridgehead atoms. The second kappa shape index (κ2) is 7.49. The lowest BCUT2D eigenvalue weighted by Gasteiger charge is -2.26. The van der Waals surface area contributed by atoms with Crippen LogP contribution in [-0.2, 0) is 0 Å². The summed E-state index contributed by atoms with van der Waals surface area (Å²) in [5.74, 6) is 1.60. The van der Waals surface area contributed by atoms with Crippen LogP contribution in [-0.4, -0.2) is 26.7 Å². The zero-order valence-electron chi connectivity index (χ0n) is 17.2. The summed E-state index contributed by atoms with van der Waals surface area (Å²) in [7, 11) is 0. The molecule has 3 aromatic rings. The van der Waals surface area contributed by atoms with Gasteiger partial charge in [0, 0.05) is 23.2 Å². The summed E-state index contributed by atoms with van der Waals surface area (Å²) in [5, 5.41) is 14.1. The van der Waals surface area contributed by atoms with E-state index in [0.717, 1.165) is 28.9 Å². The number of rotatable bonds is 7. The number of nitrogens with zero attached hydrogens (tertiary/aromatic N) is 4. The SMILES string of the molecule is CC(C)CC(C)(N)COc1ccc(-c2ccnn3cc(C4CC4)nc23)cc1C#N. The maximum absolute atomic E-state index is 9.67. The molecule has 2 heterocycles. The zero-order chi connectivity index (χ0) is 20.6. The number of nitriles is 1. The summed E-state index contributed by atoms with van der Waals surface area (Å²) in [4.78, 5) is 4.79. The molecule has 1 aliphatic carbocycles. The second-order valence-corrected chi connectivity index (χ2v) is 8.82. The largest absolute Gasteiger partial charge is 0.490 e. The molecule has 1 unspecified atom stereocenters. The molecule has 1 saturated carbocycles. The van der Waals surface area contributed by atoms with E-state index in [1.165, 1.54) is 12.8 Å². The standard InChI is InChI=1S/C23H27N5O/c1-15(2)11-23(3,25)14-29-21-7-6-17(10-18(21)12-24)19-8-9-26-28-13-20(16-4-5-16)27-22(19)28/h6-10,13,15-16H,4-5,11,14,25H2,1-3H3. The molecule has 2 aromatic heterocycles. The van der Waals surface area contributed by atoms with Gasteiger partial charge < -0.3 is 10.5 Å². The summed E-state index contributed by atoms with van der Waals surface area (Å²) in [5.41, 5.74) is 10.2. The van der Waals surface area contributed by atoms with E-state index in [-0.39, 0.29) is 0 Å². The van der Waals surface area contributed by atoms with Crippen LogP contribution in [0.3, 0.4) is 0 Å². The van der Waals surface area contributed by atoms with E-state index in [0.29, 0.717) is 29.8 Å². The number of benzene rings is 1. The Hall–Kier alpha value is -2.91. The molecule has 1 aliphatic rings. The van der Waals surface area contributed by atoms with Gasteiger partial charge in [-0.05, 0) is 55.9 Å². The number of aromatic nitrogens is 3. The fourth-order valence-corrected chi connectivity index (χ4v) is 3.86. The third kappa shape index (κ3) is 4.25. The zero-order valence-corrected chi connectivity index (χ0v) is 17.2. The Morgan fingerprint density at radius 1 is 1.34 bits per heavy atom. The number of imidazole rings is 1. The van der Waals surface area contributed by atoms with Crippen molar-refractivity contribution in [2.24, 2.45) is 11.7 Å². The molecule has 0 spiro atoms. The van der Waals surface area contributed by atoms with Crippen molar-refractivity contribution in [1.29, 1.82) is 5.26 Å². The number of hydrogen-bond acceptors (Lipinski definition) is 5. The molecule has 1 aromatic carbocycles. The number of fused-ring (bicyclic) bond motifs is 1. The summed E-state index contributed by atoms with van der Waals surface area (Å²) < 4.78 is 7.76. The van der Waals surface area contributed by atoms with Gasteiger partial charge in [0.1, 0.15) is 18.4 Å². The molecule has 2 N–H and O–H groups in total. The van der Waals surface area contributed by atoms with Gasteiger partial charge in [-0.25, -0.2) is 9.50 Å². The molecule has 29 heavy (non-hydrogen) atoms. The van der Waals surface area contributed by atoms with Crippen molar-refractivity contribution in [3.63, 3.8) is 0 Å². The van der Waals surface area contributed by atoms with Crippen molar-refractivity contribution in [3.05, 3.63) is 47.9 Å². The van der Waals surface area contributed by atoms with Gasteiger partial charge in [-0.1, -0.05) is 19.9 Å². The molecule has 0 saturated heterocycles. The molecule has 6 heteroatoms. The second-order valence-electron chi connectivity index (χ2n) is 8.82. The molecular formula is C23H27N5O. The minimum absolute atomic E-state index is 0.365. The van der Waals surface area contributed by atoms with Crippen LogP contribution in [0, 0.1) is 17.2 Å². The van der Waals surface area contributed by atoms with Crippen LogP contribution in [0.1, 0.15) is 57.2 Å². The molecule has 6 nitrogen and oxygen atoms in total. The maximum Gasteiger partial charge on any atom is 0.161 e. The van der Waals surface area contributed by atoms with Gasteiger partial charge >= 0.3 is 0 Å². The number of nitrogens with two attached hydrogens (primary N) is 1. The maximum atomic E-state index is 9.67. The van der Waals surface area contributed by atoms with Gasteiger partial charge in [-0.15, -0.1) is 0 Å². The lowest BCUT2D eigenvalue weighted by atomic mass is 9.93. The van der Waals surface area contributed by atoms with Crippen LogP contribution in [0.2, 0.25) is 0 Å². The van der Waals surface area contributed by atoms with Gasteiger partial charge in [0.2, 0.25) is 0 Å². The van der Waals surface area contributed by atoms with Crippen molar-refractivity contribution in [3.8, 4) is 22.9 Å². The van der Waals surface area contributed by atoms with Crippen LogP contribution in [0.25, 0.3) is 16.8 Å². The average molecular weight is 390 g/mol. The topological polar surface area (TPSA) is 89.2 Å². The van der Waals surface area contributed by atoms with Gasteiger partial charge in [0.15, 0.2) is 5.65 Å². The smallest absolute Gasteiger partial charge is 0.161 e. The first kappa shape index (κ1) is 19.4. The third-order valence-corrected chi connectivity index (χ3v) is 5.22. The Kier molecular flexibility index (Phi) is 5.01. The van der Waals surface area contributed by atoms with Crippen molar-refractivity contribution in [2.45, 2.75) is 51.5 Å². The normalized spacial score (nSPS) is 16.0. The summed E-state index contributed by atoms with van der Waals surface area (Å²) >= 11 is 0. The van der Waals surface area contributed by atoms with Crippen LogP contribution >= 0.6 is 0 Å². The van der Waals surface area contributed by atoms with Crippen LogP contribution < -0.4 is 10.5 Å². The summed E-state index contributed by atoms with van der Waals surface area (Å²) in [6.07, 6.45) is 7.02. The van der Waals surface area contributed by atoms with Crippen molar-refractivity contribution in [2.75, 3.05) is 6.61 Å². The van der Waals surface area contributed by atoms with Crippen molar-refractivity contribution < 1.29 is 4.74 Å². The Labute approximate surface area is 171 Å². The lowest BCUT2D eigenvalue weighted by molar-refractivity contribution is 0.206. The summed E-state index contributed by atoms with van der Waals surface area (Å²) in [6.45, 7) is 6.63. The lowest BCUT2D eigenvalue weighted by Crippen LogP contribution is -2.43. The van der Waals surface area contributed by atoms with Crippen LogP contribution in [0.4, 0.5) is 0 Å². The molecule has 150 valence electrons. The highest BCUT2D eigenvalue weighted by Gasteiger charge is 2.27. The fraction of sp³-hybridized carbons (Fsp3) is 0.435. The predicted molar refractivity (Wildman–Crippen MR) is 113 cm³/mol. The quantitative estimate of drug-likeness (QED) is 0.651. The molecular weight excluding hydrogens is 362 g/mol. The fourth-order valence-electron chi connectivity index (χ4n) is 3.86. The molecule has 1 fully saturated rings. The Morgan fingerprint density at radius 2 is 2.14 bits per heavy atom. The van der Waals surface area contributed by atoms with Gasteiger partial charge in [-0.3, -0.25) is 0 Å². The van der Waals surface area contributed by atoms with Crippen LogP contribution in [0.15, 0.2) is 36.7 Å². The minimum Gasteiger partial charge on any atom is -0.490 e. The van der Waals surface area contributed by atoms with Gasteiger partial charge in [0.05, 0.1) is 17.5 Å². The highest BCUT2D eigenvalue weighted by molar-refractivity contribution is 5.78. The van der Waals surface area contributed by atoms with E-state index in [4.69, 9.17) is 15.5 Å². The number of hydrogen-bond donors (Lipinski definition) is 1. The van der Waals surface area contributed by atoms with E-state index < -0.39 is 5.54 Å². The van der Waals surface area contributed by atoms with E-state index >= 15 is 0 Å². The van der Waals surface area contributed by atoms with Crippen molar-refractivity contribution in [1.82, 2.24) is 14.6 Å². The van der Waals surface area contributed by atoms with E-state index in [1.54, 1.807) is 6.20 Å². The first-order chi connectivity index (χ1) is 13.9. The monoisotopic (exact) mass is 389 g/mol. The molecule has 0 radical (unpaired) electrons. The highest BCUT2D eigenvalue weighted by Crippen LogP contribution is 2.40. The molecule has 1 atom stereocenters. The van der Waals surface area contributed by atoms with E-state index in [9.17, 15) is 5.26 Å². The molecule has 0 aliphatic heterocycles. The van der Waals surface area contributed by atoms with Crippen LogP contribution in [0.5, 0.6) is 5.75 Å². The Bertz CT molecular complexity index is 1070. The number of ether oxygens (including phenoxy) is 1. The Morgan fingerprint density at radius 3 is 2.83 bits per heavy atom. The minimum atomic E-state index is -0.439. The van der Waals surface area contributed by atoms with Gasteiger partial charge in [-0.2, -0.15) is 10.4 Å². The first-order valence-corrected chi connectivity index (χ1v) is 10.2. The first-order valence-electron chi connectivity index (χ1n) is 10.2. The molecule has 4 rings (SSSR count). The third-order valence-electron chi connectivity index (χ3n) is 5.22. The van der Waals surface area contributed by atoms with Crippen molar-refractivity contribution >= 4 is 5.65 Å². The molecule has 0 amide bonds. The van der Waals surface area contributed by atoms with E-state index in [2.05, 4.69) is 25.0 Å². The average Bonchev–Trinajstić information content (AvgIpc) is 3.43. The Balaban J connectivity index is 1.62. The van der Waals surface area contributed by atoms with E-state index in [1.807, 2.05) is 41.9 Å². The predicted octanol–water partition coefficient (Wildman–Crippen LogP) is 4.29.